The minimum absolute atomic E-state index is 0.0803. The molecule has 0 saturated heterocycles. The fourth-order valence-corrected chi connectivity index (χ4v) is 3.16. The molecule has 0 aliphatic rings. The lowest BCUT2D eigenvalue weighted by atomic mass is 10.1. The van der Waals surface area contributed by atoms with Crippen molar-refractivity contribution in [2.24, 2.45) is 0 Å². The molecule has 0 aliphatic heterocycles. The first-order valence-electron chi connectivity index (χ1n) is 7.04. The molecule has 0 atom stereocenters. The molecule has 2 aromatic rings. The fourth-order valence-electron chi connectivity index (χ4n) is 2.10. The molecule has 6 nitrogen and oxygen atoms in total. The van der Waals surface area contributed by atoms with Crippen LogP contribution in [0.2, 0.25) is 0 Å². The normalized spacial score (nSPS) is 11.3. The van der Waals surface area contributed by atoms with Gasteiger partial charge in [-0.2, -0.15) is 0 Å². The fraction of sp³-hybridized carbons (Fsp3) is 0.312. The molecule has 122 valence electrons. The highest BCUT2D eigenvalue weighted by atomic mass is 32.2. The van der Waals surface area contributed by atoms with E-state index >= 15 is 0 Å². The molecule has 0 bridgehead atoms. The molecule has 0 radical (unpaired) electrons. The molecule has 7 heteroatoms. The maximum absolute atomic E-state index is 12.2. The van der Waals surface area contributed by atoms with Crippen LogP contribution in [0.3, 0.4) is 0 Å². The molecule has 0 spiro atoms. The topological polar surface area (TPSA) is 85.6 Å². The standard InChI is InChI=1S/C16H17NO5S/c1-4-6-9-17-23(19,20)12-7-8-14-13(10-12)11(3)15(22-14)16(18)21-5-2/h1,7-8,10,17H,5-6,9H2,2-3H3. The number of sulfonamides is 1. The van der Waals surface area contributed by atoms with E-state index in [2.05, 4.69) is 10.6 Å². The molecule has 0 unspecified atom stereocenters. The van der Waals surface area contributed by atoms with E-state index in [1.54, 1.807) is 13.8 Å². The van der Waals surface area contributed by atoms with Crippen LogP contribution in [0.1, 0.15) is 29.5 Å². The number of hydrogen-bond acceptors (Lipinski definition) is 5. The van der Waals surface area contributed by atoms with Gasteiger partial charge in [0.1, 0.15) is 5.58 Å². The Morgan fingerprint density at radius 3 is 2.83 bits per heavy atom. The smallest absolute Gasteiger partial charge is 0.374 e. The van der Waals surface area contributed by atoms with Gasteiger partial charge in [0.05, 0.1) is 11.5 Å². The Morgan fingerprint density at radius 2 is 2.17 bits per heavy atom. The lowest BCUT2D eigenvalue weighted by Gasteiger charge is -2.05. The summed E-state index contributed by atoms with van der Waals surface area (Å²) in [5.74, 6) is 1.87. The molecule has 0 saturated carbocycles. The molecule has 1 N–H and O–H groups in total. The highest BCUT2D eigenvalue weighted by Gasteiger charge is 2.21. The van der Waals surface area contributed by atoms with E-state index in [4.69, 9.17) is 15.6 Å². The summed E-state index contributed by atoms with van der Waals surface area (Å²) < 4.78 is 37.2. The van der Waals surface area contributed by atoms with Gasteiger partial charge >= 0.3 is 5.97 Å². The van der Waals surface area contributed by atoms with E-state index in [0.717, 1.165) is 0 Å². The van der Waals surface area contributed by atoms with Gasteiger partial charge < -0.3 is 9.15 Å². The Kier molecular flexibility index (Phi) is 5.08. The molecule has 1 aromatic carbocycles. The van der Waals surface area contributed by atoms with Crippen LogP contribution < -0.4 is 4.72 Å². The third kappa shape index (κ3) is 3.55. The van der Waals surface area contributed by atoms with E-state index in [1.165, 1.54) is 18.2 Å². The lowest BCUT2D eigenvalue weighted by molar-refractivity contribution is 0.0491. The van der Waals surface area contributed by atoms with E-state index in [9.17, 15) is 13.2 Å². The number of esters is 1. The zero-order valence-corrected chi connectivity index (χ0v) is 13.7. The van der Waals surface area contributed by atoms with Crippen LogP contribution in [-0.4, -0.2) is 27.5 Å². The summed E-state index contributed by atoms with van der Waals surface area (Å²) in [6.07, 6.45) is 5.41. The predicted molar refractivity (Wildman–Crippen MR) is 85.5 cm³/mol. The largest absolute Gasteiger partial charge is 0.460 e. The number of benzene rings is 1. The number of fused-ring (bicyclic) bond motifs is 1. The van der Waals surface area contributed by atoms with Crippen molar-refractivity contribution in [1.82, 2.24) is 4.72 Å². The number of ether oxygens (including phenoxy) is 1. The van der Waals surface area contributed by atoms with E-state index in [1.807, 2.05) is 0 Å². The van der Waals surface area contributed by atoms with Crippen molar-refractivity contribution in [2.75, 3.05) is 13.2 Å². The van der Waals surface area contributed by atoms with Crippen molar-refractivity contribution < 1.29 is 22.4 Å². The number of aryl methyl sites for hydroxylation is 1. The molecule has 0 aliphatic carbocycles. The van der Waals surface area contributed by atoms with Crippen LogP contribution in [0.4, 0.5) is 0 Å². The molecule has 0 fully saturated rings. The second kappa shape index (κ2) is 6.86. The van der Waals surface area contributed by atoms with Crippen LogP contribution in [0, 0.1) is 19.3 Å². The van der Waals surface area contributed by atoms with Gasteiger partial charge in [0.15, 0.2) is 0 Å². The molecular weight excluding hydrogens is 318 g/mol. The first-order valence-corrected chi connectivity index (χ1v) is 8.52. The number of hydrogen-bond donors (Lipinski definition) is 1. The lowest BCUT2D eigenvalue weighted by Crippen LogP contribution is -2.24. The predicted octanol–water partition coefficient (Wildman–Crippen LogP) is 2.22. The van der Waals surface area contributed by atoms with Gasteiger partial charge in [0.25, 0.3) is 0 Å². The Balaban J connectivity index is 2.41. The first-order chi connectivity index (χ1) is 10.9. The maximum Gasteiger partial charge on any atom is 0.374 e. The molecule has 1 aromatic heterocycles. The van der Waals surface area contributed by atoms with Gasteiger partial charge in [-0.25, -0.2) is 17.9 Å². The second-order valence-corrected chi connectivity index (χ2v) is 6.55. The van der Waals surface area contributed by atoms with E-state index in [-0.39, 0.29) is 23.8 Å². The average Bonchev–Trinajstić information content (AvgIpc) is 2.84. The average molecular weight is 335 g/mol. The van der Waals surface area contributed by atoms with Crippen molar-refractivity contribution in [2.45, 2.75) is 25.2 Å². The summed E-state index contributed by atoms with van der Waals surface area (Å²) in [6, 6.07) is 4.40. The summed E-state index contributed by atoms with van der Waals surface area (Å²) in [6.45, 7) is 3.77. The molecule has 0 amide bonds. The van der Waals surface area contributed by atoms with Crippen LogP contribution >= 0.6 is 0 Å². The monoisotopic (exact) mass is 335 g/mol. The zero-order valence-electron chi connectivity index (χ0n) is 12.9. The number of terminal acetylenes is 1. The van der Waals surface area contributed by atoms with Crippen LogP contribution in [-0.2, 0) is 14.8 Å². The first kappa shape index (κ1) is 17.1. The van der Waals surface area contributed by atoms with Gasteiger partial charge in [-0.3, -0.25) is 0 Å². The highest BCUT2D eigenvalue weighted by Crippen LogP contribution is 2.28. The van der Waals surface area contributed by atoms with Gasteiger partial charge in [0, 0.05) is 23.9 Å². The van der Waals surface area contributed by atoms with Crippen LogP contribution in [0.5, 0.6) is 0 Å². The van der Waals surface area contributed by atoms with Gasteiger partial charge in [0.2, 0.25) is 15.8 Å². The Labute approximate surface area is 134 Å². The van der Waals surface area contributed by atoms with Gasteiger partial charge in [-0.15, -0.1) is 12.3 Å². The third-order valence-corrected chi connectivity index (χ3v) is 4.70. The summed E-state index contributed by atoms with van der Waals surface area (Å²) in [4.78, 5) is 11.9. The molecule has 23 heavy (non-hydrogen) atoms. The summed E-state index contributed by atoms with van der Waals surface area (Å²) in [5.41, 5.74) is 0.965. The Hall–Kier alpha value is -2.30. The molecular formula is C16H17NO5S. The molecule has 1 heterocycles. The van der Waals surface area contributed by atoms with Crippen molar-refractivity contribution in [3.63, 3.8) is 0 Å². The van der Waals surface area contributed by atoms with Crippen molar-refractivity contribution in [3.05, 3.63) is 29.5 Å². The van der Waals surface area contributed by atoms with Crippen molar-refractivity contribution in [3.8, 4) is 12.3 Å². The minimum atomic E-state index is -3.67. The maximum atomic E-state index is 12.2. The van der Waals surface area contributed by atoms with Crippen LogP contribution in [0.25, 0.3) is 11.0 Å². The number of nitrogens with one attached hydrogen (secondary N) is 1. The van der Waals surface area contributed by atoms with Crippen molar-refractivity contribution >= 4 is 27.0 Å². The van der Waals surface area contributed by atoms with Gasteiger partial charge in [-0.1, -0.05) is 0 Å². The van der Waals surface area contributed by atoms with Crippen molar-refractivity contribution in [1.29, 1.82) is 0 Å². The molecule has 2 rings (SSSR count). The third-order valence-electron chi connectivity index (χ3n) is 3.24. The summed E-state index contributed by atoms with van der Waals surface area (Å²) in [5, 5.41) is 0.549. The quantitative estimate of drug-likeness (QED) is 0.497. The highest BCUT2D eigenvalue weighted by molar-refractivity contribution is 7.89. The summed E-state index contributed by atoms with van der Waals surface area (Å²) in [7, 11) is -3.67. The van der Waals surface area contributed by atoms with E-state index < -0.39 is 16.0 Å². The number of rotatable bonds is 6. The van der Waals surface area contributed by atoms with Crippen LogP contribution in [0.15, 0.2) is 27.5 Å². The number of carbonyl (C=O) groups is 1. The zero-order chi connectivity index (χ0) is 17.0. The van der Waals surface area contributed by atoms with Gasteiger partial charge in [-0.05, 0) is 32.0 Å². The summed E-state index contributed by atoms with van der Waals surface area (Å²) >= 11 is 0. The minimum Gasteiger partial charge on any atom is -0.460 e. The SMILES string of the molecule is C#CCCNS(=O)(=O)c1ccc2oc(C(=O)OCC)c(C)c2c1. The number of furan rings is 1. The van der Waals surface area contributed by atoms with E-state index in [0.29, 0.717) is 23.0 Å². The Morgan fingerprint density at radius 1 is 1.43 bits per heavy atom. The number of carbonyl (C=O) groups excluding carboxylic acids is 1. The Bertz CT molecular complexity index is 874. The second-order valence-electron chi connectivity index (χ2n) is 4.79.